The van der Waals surface area contributed by atoms with Gasteiger partial charge >= 0.3 is 0 Å². The van der Waals surface area contributed by atoms with Crippen molar-refractivity contribution in [3.63, 3.8) is 0 Å². The fourth-order valence-electron chi connectivity index (χ4n) is 2.95. The zero-order valence-corrected chi connectivity index (χ0v) is 16.1. The molecule has 5 heteroatoms. The van der Waals surface area contributed by atoms with Gasteiger partial charge in [0.1, 0.15) is 6.17 Å². The van der Waals surface area contributed by atoms with E-state index in [9.17, 15) is 9.59 Å². The Hall–Kier alpha value is -3.91. The van der Waals surface area contributed by atoms with Crippen LogP contribution in [0.3, 0.4) is 0 Å². The quantitative estimate of drug-likeness (QED) is 0.638. The fourth-order valence-corrected chi connectivity index (χ4v) is 2.95. The average molecular weight is 383 g/mol. The summed E-state index contributed by atoms with van der Waals surface area (Å²) in [6, 6.07) is 25.5. The van der Waals surface area contributed by atoms with Crippen LogP contribution in [0.15, 0.2) is 78.9 Å². The third-order valence-corrected chi connectivity index (χ3v) is 4.44. The van der Waals surface area contributed by atoms with Crippen LogP contribution in [-0.2, 0) is 11.2 Å². The summed E-state index contributed by atoms with van der Waals surface area (Å²) in [6.07, 6.45) is -0.513. The monoisotopic (exact) mass is 383 g/mol. The molecule has 3 rings (SSSR count). The Labute approximate surface area is 170 Å². The largest absolute Gasteiger partial charge is 0.332 e. The van der Waals surface area contributed by atoms with Crippen molar-refractivity contribution in [1.29, 1.82) is 5.26 Å². The molecule has 1 atom stereocenters. The first-order valence-electron chi connectivity index (χ1n) is 9.26. The second-order valence-corrected chi connectivity index (χ2v) is 6.74. The number of carbonyl (C=O) groups is 2. The number of rotatable bonds is 6. The molecule has 144 valence electrons. The predicted molar refractivity (Wildman–Crippen MR) is 111 cm³/mol. The van der Waals surface area contributed by atoms with E-state index in [1.54, 1.807) is 36.4 Å². The number of nitrogens with one attached hydrogen (secondary N) is 2. The molecule has 5 nitrogen and oxygen atoms in total. The number of nitriles is 1. The number of hydrogen-bond donors (Lipinski definition) is 2. The molecule has 0 aliphatic carbocycles. The molecule has 0 aliphatic heterocycles. The minimum absolute atomic E-state index is 0.202. The Morgan fingerprint density at radius 3 is 2.31 bits per heavy atom. The summed E-state index contributed by atoms with van der Waals surface area (Å²) in [5.74, 6) is -0.502. The van der Waals surface area contributed by atoms with Crippen LogP contribution in [0.25, 0.3) is 0 Å². The molecule has 29 heavy (non-hydrogen) atoms. The van der Waals surface area contributed by atoms with Crippen molar-refractivity contribution in [1.82, 2.24) is 10.6 Å². The van der Waals surface area contributed by atoms with Crippen molar-refractivity contribution in [2.75, 3.05) is 0 Å². The van der Waals surface area contributed by atoms with Gasteiger partial charge in [0, 0.05) is 5.56 Å². The molecule has 0 heterocycles. The molecule has 2 N–H and O–H groups in total. The second-order valence-electron chi connectivity index (χ2n) is 6.74. The van der Waals surface area contributed by atoms with E-state index in [-0.39, 0.29) is 18.2 Å². The maximum absolute atomic E-state index is 12.7. The summed E-state index contributed by atoms with van der Waals surface area (Å²) in [7, 11) is 0. The maximum atomic E-state index is 12.7. The van der Waals surface area contributed by atoms with Crippen LogP contribution in [0.4, 0.5) is 0 Å². The van der Waals surface area contributed by atoms with E-state index in [0.717, 1.165) is 11.1 Å². The summed E-state index contributed by atoms with van der Waals surface area (Å²) in [5, 5.41) is 14.8. The molecule has 0 aromatic heterocycles. The molecular formula is C24H21N3O2. The van der Waals surface area contributed by atoms with Crippen molar-refractivity contribution in [2.24, 2.45) is 0 Å². The van der Waals surface area contributed by atoms with E-state index in [2.05, 4.69) is 16.7 Å². The highest BCUT2D eigenvalue weighted by Crippen LogP contribution is 2.14. The number of aryl methyl sites for hydroxylation is 1. The molecule has 3 aromatic carbocycles. The molecule has 0 radical (unpaired) electrons. The Kier molecular flexibility index (Phi) is 6.39. The van der Waals surface area contributed by atoms with Crippen molar-refractivity contribution in [2.45, 2.75) is 19.5 Å². The Morgan fingerprint density at radius 2 is 1.66 bits per heavy atom. The van der Waals surface area contributed by atoms with Crippen LogP contribution >= 0.6 is 0 Å². The summed E-state index contributed by atoms with van der Waals surface area (Å²) in [6.45, 7) is 1.91. The molecule has 1 unspecified atom stereocenters. The molecule has 0 saturated heterocycles. The SMILES string of the molecule is Cc1cccc(C(=O)NC(NC(=O)Cc2ccccc2)c2ccc(C#N)cc2)c1. The summed E-state index contributed by atoms with van der Waals surface area (Å²) < 4.78 is 0. The maximum Gasteiger partial charge on any atom is 0.253 e. The molecule has 2 amide bonds. The summed E-state index contributed by atoms with van der Waals surface area (Å²) in [5.41, 5.74) is 3.56. The Balaban J connectivity index is 1.79. The highest BCUT2D eigenvalue weighted by Gasteiger charge is 2.18. The van der Waals surface area contributed by atoms with Gasteiger partial charge in [-0.3, -0.25) is 9.59 Å². The van der Waals surface area contributed by atoms with Gasteiger partial charge in [-0.05, 0) is 42.3 Å². The lowest BCUT2D eigenvalue weighted by Crippen LogP contribution is -2.41. The average Bonchev–Trinajstić information content (AvgIpc) is 2.74. The number of benzene rings is 3. The van der Waals surface area contributed by atoms with Gasteiger partial charge in [-0.2, -0.15) is 5.26 Å². The van der Waals surface area contributed by atoms with Gasteiger partial charge in [0.2, 0.25) is 5.91 Å². The van der Waals surface area contributed by atoms with Gasteiger partial charge in [-0.25, -0.2) is 0 Å². The van der Waals surface area contributed by atoms with Crippen LogP contribution in [0.5, 0.6) is 0 Å². The van der Waals surface area contributed by atoms with Crippen LogP contribution in [-0.4, -0.2) is 11.8 Å². The van der Waals surface area contributed by atoms with Crippen molar-refractivity contribution in [3.05, 3.63) is 107 Å². The number of nitrogens with zero attached hydrogens (tertiary/aromatic N) is 1. The van der Waals surface area contributed by atoms with Gasteiger partial charge in [0.05, 0.1) is 18.1 Å². The highest BCUT2D eigenvalue weighted by atomic mass is 16.2. The lowest BCUT2D eigenvalue weighted by Gasteiger charge is -2.21. The zero-order chi connectivity index (χ0) is 20.6. The fraction of sp³-hybridized carbons (Fsp3) is 0.125. The van der Waals surface area contributed by atoms with Crippen molar-refractivity contribution < 1.29 is 9.59 Å². The number of hydrogen-bond acceptors (Lipinski definition) is 3. The van der Waals surface area contributed by atoms with Crippen LogP contribution < -0.4 is 10.6 Å². The number of carbonyl (C=O) groups excluding carboxylic acids is 2. The molecule has 0 fully saturated rings. The minimum Gasteiger partial charge on any atom is -0.332 e. The smallest absolute Gasteiger partial charge is 0.253 e. The molecule has 0 bridgehead atoms. The van der Waals surface area contributed by atoms with Crippen molar-refractivity contribution in [3.8, 4) is 6.07 Å². The molecular weight excluding hydrogens is 362 g/mol. The lowest BCUT2D eigenvalue weighted by atomic mass is 10.1. The van der Waals surface area contributed by atoms with E-state index in [1.807, 2.05) is 49.4 Å². The predicted octanol–water partition coefficient (Wildman–Crippen LogP) is 3.65. The highest BCUT2D eigenvalue weighted by molar-refractivity contribution is 5.95. The topological polar surface area (TPSA) is 82.0 Å². The molecule has 0 aliphatic rings. The van der Waals surface area contributed by atoms with E-state index in [0.29, 0.717) is 16.7 Å². The van der Waals surface area contributed by atoms with Gasteiger partial charge in [-0.15, -0.1) is 0 Å². The van der Waals surface area contributed by atoms with E-state index in [4.69, 9.17) is 5.26 Å². The van der Waals surface area contributed by atoms with Crippen LogP contribution in [0, 0.1) is 18.3 Å². The standard InChI is InChI=1S/C24H21N3O2/c1-17-6-5-9-21(14-17)24(29)27-23(20-12-10-19(16-25)11-13-20)26-22(28)15-18-7-3-2-4-8-18/h2-14,23H,15H2,1H3,(H,26,28)(H,27,29). The van der Waals surface area contributed by atoms with Gasteiger partial charge in [-0.1, -0.05) is 60.2 Å². The molecule has 0 saturated carbocycles. The normalized spacial score (nSPS) is 11.2. The van der Waals surface area contributed by atoms with Crippen LogP contribution in [0.2, 0.25) is 0 Å². The van der Waals surface area contributed by atoms with Crippen molar-refractivity contribution >= 4 is 11.8 Å². The first-order chi connectivity index (χ1) is 14.0. The number of amides is 2. The van der Waals surface area contributed by atoms with Gasteiger partial charge < -0.3 is 10.6 Å². The Bertz CT molecular complexity index is 1040. The van der Waals surface area contributed by atoms with Gasteiger partial charge in [0.25, 0.3) is 5.91 Å². The van der Waals surface area contributed by atoms with E-state index >= 15 is 0 Å². The zero-order valence-electron chi connectivity index (χ0n) is 16.1. The van der Waals surface area contributed by atoms with E-state index < -0.39 is 6.17 Å². The lowest BCUT2D eigenvalue weighted by molar-refractivity contribution is -0.121. The minimum atomic E-state index is -0.716. The molecule has 3 aromatic rings. The first-order valence-corrected chi connectivity index (χ1v) is 9.26. The van der Waals surface area contributed by atoms with E-state index in [1.165, 1.54) is 0 Å². The Morgan fingerprint density at radius 1 is 0.931 bits per heavy atom. The third-order valence-electron chi connectivity index (χ3n) is 4.44. The second kappa shape index (κ2) is 9.34. The van der Waals surface area contributed by atoms with Crippen LogP contribution in [0.1, 0.15) is 38.8 Å². The third kappa shape index (κ3) is 5.53. The summed E-state index contributed by atoms with van der Waals surface area (Å²) >= 11 is 0. The first kappa shape index (κ1) is 19.8. The van der Waals surface area contributed by atoms with Gasteiger partial charge in [0.15, 0.2) is 0 Å². The molecule has 0 spiro atoms. The summed E-state index contributed by atoms with van der Waals surface area (Å²) in [4.78, 5) is 25.3.